The molecule has 2 aliphatic rings. The maximum Gasteiger partial charge on any atom is 0.417 e. The SMILES string of the molecule is CC1(C)C(=O)N(c2ccc(C#N)c(C(F)(F)F)c2)C(=S)N1CCCCCCCCN1CCN(C#N)CC1. The molecule has 0 aromatic heterocycles. The Morgan fingerprint density at radius 3 is 2.14 bits per heavy atom. The standard InChI is InChI=1S/C26H33F3N6OS/c1-25(2)23(36)35(21-10-9-20(18-30)22(17-21)26(27,28)29)24(37)34(25)12-8-6-4-3-5-7-11-32-13-15-33(19-31)16-14-32/h9-10,17H,3-8,11-16H2,1-2H3. The van der Waals surface area contributed by atoms with E-state index < -0.39 is 22.8 Å². The summed E-state index contributed by atoms with van der Waals surface area (Å²) < 4.78 is 40.4. The number of unbranched alkanes of at least 4 members (excludes halogenated alkanes) is 5. The number of amides is 1. The van der Waals surface area contributed by atoms with Crippen molar-refractivity contribution >= 4 is 28.9 Å². The molecule has 0 bridgehead atoms. The van der Waals surface area contributed by atoms with Crippen molar-refractivity contribution in [2.75, 3.05) is 44.2 Å². The van der Waals surface area contributed by atoms with Crippen LogP contribution in [0.15, 0.2) is 18.2 Å². The highest BCUT2D eigenvalue weighted by atomic mass is 32.1. The van der Waals surface area contributed by atoms with E-state index >= 15 is 0 Å². The zero-order chi connectivity index (χ0) is 27.2. The highest BCUT2D eigenvalue weighted by Crippen LogP contribution is 2.38. The molecule has 2 saturated heterocycles. The van der Waals surface area contributed by atoms with Gasteiger partial charge < -0.3 is 9.80 Å². The maximum absolute atomic E-state index is 13.5. The Labute approximate surface area is 222 Å². The van der Waals surface area contributed by atoms with Crippen LogP contribution in [0.3, 0.4) is 0 Å². The van der Waals surface area contributed by atoms with Crippen molar-refractivity contribution in [3.05, 3.63) is 29.3 Å². The first-order valence-electron chi connectivity index (χ1n) is 12.6. The minimum Gasteiger partial charge on any atom is -0.334 e. The van der Waals surface area contributed by atoms with Gasteiger partial charge in [0.2, 0.25) is 0 Å². The molecule has 0 N–H and O–H groups in total. The number of hydrogen-bond donors (Lipinski definition) is 0. The molecule has 11 heteroatoms. The van der Waals surface area contributed by atoms with Gasteiger partial charge in [0.05, 0.1) is 22.9 Å². The topological polar surface area (TPSA) is 77.6 Å². The molecule has 3 rings (SSSR count). The molecule has 1 amide bonds. The molecule has 0 saturated carbocycles. The lowest BCUT2D eigenvalue weighted by Gasteiger charge is -2.31. The number of alkyl halides is 3. The first-order valence-corrected chi connectivity index (χ1v) is 13.1. The summed E-state index contributed by atoms with van der Waals surface area (Å²) in [6.45, 7) is 8.54. The minimum atomic E-state index is -4.72. The number of hydrogen-bond acceptors (Lipinski definition) is 6. The number of thiocarbonyl (C=S) groups is 1. The number of carbonyl (C=O) groups is 1. The molecule has 2 heterocycles. The Hall–Kier alpha value is -2.89. The summed E-state index contributed by atoms with van der Waals surface area (Å²) in [6, 6.07) is 4.80. The van der Waals surface area contributed by atoms with E-state index in [2.05, 4.69) is 11.1 Å². The van der Waals surface area contributed by atoms with E-state index in [-0.39, 0.29) is 16.7 Å². The number of piperazine rings is 1. The zero-order valence-electron chi connectivity index (χ0n) is 21.4. The molecule has 1 aromatic carbocycles. The van der Waals surface area contributed by atoms with E-state index in [1.54, 1.807) is 29.7 Å². The quantitative estimate of drug-likeness (QED) is 0.244. The third-order valence-electron chi connectivity index (χ3n) is 7.13. The van der Waals surface area contributed by atoms with Gasteiger partial charge in [-0.05, 0) is 63.7 Å². The summed E-state index contributed by atoms with van der Waals surface area (Å²) in [5.41, 5.74) is -2.53. The van der Waals surface area contributed by atoms with Gasteiger partial charge in [0.15, 0.2) is 11.3 Å². The fourth-order valence-corrected chi connectivity index (χ4v) is 5.33. The number of rotatable bonds is 10. The lowest BCUT2D eigenvalue weighted by atomic mass is 10.0. The second kappa shape index (κ2) is 12.1. The summed E-state index contributed by atoms with van der Waals surface area (Å²) in [7, 11) is 0. The van der Waals surface area contributed by atoms with Gasteiger partial charge in [-0.3, -0.25) is 14.6 Å². The summed E-state index contributed by atoms with van der Waals surface area (Å²) in [4.78, 5) is 20.3. The molecular weight excluding hydrogens is 501 g/mol. The predicted octanol–water partition coefficient (Wildman–Crippen LogP) is 4.73. The molecule has 7 nitrogen and oxygen atoms in total. The van der Waals surface area contributed by atoms with Crippen LogP contribution in [0.2, 0.25) is 0 Å². The summed E-state index contributed by atoms with van der Waals surface area (Å²) >= 11 is 5.54. The Morgan fingerprint density at radius 2 is 1.57 bits per heavy atom. The molecule has 0 radical (unpaired) electrons. The Kier molecular flexibility index (Phi) is 9.38. The van der Waals surface area contributed by atoms with Crippen LogP contribution in [0, 0.1) is 22.8 Å². The summed E-state index contributed by atoms with van der Waals surface area (Å²) in [5.74, 6) is -0.383. The first-order chi connectivity index (χ1) is 17.5. The average Bonchev–Trinajstić information content (AvgIpc) is 3.03. The smallest absolute Gasteiger partial charge is 0.334 e. The molecule has 0 atom stereocenters. The van der Waals surface area contributed by atoms with Crippen molar-refractivity contribution in [1.29, 1.82) is 10.5 Å². The number of benzene rings is 1. The van der Waals surface area contributed by atoms with Crippen molar-refractivity contribution in [3.63, 3.8) is 0 Å². The molecule has 0 unspecified atom stereocenters. The average molecular weight is 535 g/mol. The molecule has 1 aromatic rings. The maximum atomic E-state index is 13.5. The minimum absolute atomic E-state index is 0.0194. The van der Waals surface area contributed by atoms with Crippen LogP contribution in [0.1, 0.15) is 63.5 Å². The van der Waals surface area contributed by atoms with E-state index in [0.717, 1.165) is 88.3 Å². The molecule has 0 aliphatic carbocycles. The van der Waals surface area contributed by atoms with Gasteiger partial charge in [0, 0.05) is 32.7 Å². The van der Waals surface area contributed by atoms with Crippen molar-refractivity contribution in [3.8, 4) is 12.3 Å². The highest BCUT2D eigenvalue weighted by molar-refractivity contribution is 7.80. The summed E-state index contributed by atoms with van der Waals surface area (Å²) in [6.07, 6.45) is 3.71. The monoisotopic (exact) mass is 534 g/mol. The molecule has 2 aliphatic heterocycles. The van der Waals surface area contributed by atoms with Crippen molar-refractivity contribution in [1.82, 2.24) is 14.7 Å². The van der Waals surface area contributed by atoms with E-state index in [9.17, 15) is 18.0 Å². The van der Waals surface area contributed by atoms with Crippen LogP contribution >= 0.6 is 12.2 Å². The van der Waals surface area contributed by atoms with Gasteiger partial charge in [0.25, 0.3) is 5.91 Å². The van der Waals surface area contributed by atoms with Gasteiger partial charge in [-0.15, -0.1) is 0 Å². The van der Waals surface area contributed by atoms with Crippen LogP contribution in [0.25, 0.3) is 0 Å². The van der Waals surface area contributed by atoms with Gasteiger partial charge in [-0.2, -0.15) is 23.7 Å². The van der Waals surface area contributed by atoms with Crippen molar-refractivity contribution in [2.24, 2.45) is 0 Å². The normalized spacial score (nSPS) is 18.3. The Bertz CT molecular complexity index is 1070. The van der Waals surface area contributed by atoms with E-state index in [4.69, 9.17) is 22.7 Å². The van der Waals surface area contributed by atoms with Crippen LogP contribution in [-0.4, -0.2) is 70.5 Å². The Morgan fingerprint density at radius 1 is 0.973 bits per heavy atom. The van der Waals surface area contributed by atoms with E-state index in [1.807, 2.05) is 0 Å². The first kappa shape index (κ1) is 28.7. The van der Waals surface area contributed by atoms with Gasteiger partial charge >= 0.3 is 6.18 Å². The number of halogens is 3. The second-order valence-electron chi connectivity index (χ2n) is 10.0. The zero-order valence-corrected chi connectivity index (χ0v) is 22.2. The number of nitrogens with zero attached hydrogens (tertiary/aromatic N) is 6. The van der Waals surface area contributed by atoms with E-state index in [1.165, 1.54) is 6.07 Å². The largest absolute Gasteiger partial charge is 0.417 e. The van der Waals surface area contributed by atoms with Crippen LogP contribution < -0.4 is 4.90 Å². The van der Waals surface area contributed by atoms with Crippen LogP contribution in [-0.2, 0) is 11.0 Å². The fourth-order valence-electron chi connectivity index (χ4n) is 4.83. The fraction of sp³-hybridized carbons (Fsp3) is 0.615. The third-order valence-corrected chi connectivity index (χ3v) is 7.53. The lowest BCUT2D eigenvalue weighted by molar-refractivity contribution is -0.137. The number of carbonyl (C=O) groups excluding carboxylic acids is 1. The molecule has 200 valence electrons. The summed E-state index contributed by atoms with van der Waals surface area (Å²) in [5, 5.41) is 18.2. The van der Waals surface area contributed by atoms with Crippen molar-refractivity contribution < 1.29 is 18.0 Å². The van der Waals surface area contributed by atoms with Crippen LogP contribution in [0.4, 0.5) is 18.9 Å². The van der Waals surface area contributed by atoms with E-state index in [0.29, 0.717) is 6.54 Å². The molecular formula is C26H33F3N6OS. The number of anilines is 1. The molecule has 0 spiro atoms. The molecule has 37 heavy (non-hydrogen) atoms. The van der Waals surface area contributed by atoms with Gasteiger partial charge in [-0.1, -0.05) is 25.7 Å². The van der Waals surface area contributed by atoms with Gasteiger partial charge in [0.1, 0.15) is 5.54 Å². The van der Waals surface area contributed by atoms with Crippen molar-refractivity contribution in [2.45, 2.75) is 64.1 Å². The lowest BCUT2D eigenvalue weighted by Crippen LogP contribution is -2.44. The predicted molar refractivity (Wildman–Crippen MR) is 138 cm³/mol. The molecule has 2 fully saturated rings. The van der Waals surface area contributed by atoms with Crippen LogP contribution in [0.5, 0.6) is 0 Å². The third kappa shape index (κ3) is 6.71. The van der Waals surface area contributed by atoms with Gasteiger partial charge in [-0.25, -0.2) is 0 Å². The highest BCUT2D eigenvalue weighted by Gasteiger charge is 2.49. The second-order valence-corrected chi connectivity index (χ2v) is 10.4. The Balaban J connectivity index is 1.47. The number of nitriles is 2.